The number of anilines is 1. The first-order valence-electron chi connectivity index (χ1n) is 10.9. The van der Waals surface area contributed by atoms with Crippen molar-refractivity contribution in [3.8, 4) is 17.2 Å². The number of ether oxygens (including phenoxy) is 1. The third kappa shape index (κ3) is 5.43. The number of aromatic nitrogens is 2. The number of pyridine rings is 1. The number of nitrogens with zero attached hydrogens (tertiary/aromatic N) is 6. The third-order valence-corrected chi connectivity index (χ3v) is 5.48. The number of nitrogens with one attached hydrogen (secondary N) is 1. The van der Waals surface area contributed by atoms with Crippen LogP contribution in [0.3, 0.4) is 0 Å². The quantitative estimate of drug-likeness (QED) is 0.171. The number of non-ortho nitro benzene ring substituents is 1. The van der Waals surface area contributed by atoms with Crippen molar-refractivity contribution in [2.24, 2.45) is 5.10 Å². The van der Waals surface area contributed by atoms with E-state index in [0.717, 1.165) is 41.0 Å². The highest BCUT2D eigenvalue weighted by molar-refractivity contribution is 5.82. The molecule has 0 saturated heterocycles. The zero-order valence-corrected chi connectivity index (χ0v) is 20.0. The van der Waals surface area contributed by atoms with Crippen LogP contribution in [0.25, 0.3) is 5.69 Å². The summed E-state index contributed by atoms with van der Waals surface area (Å²) in [6, 6.07) is 14.7. The van der Waals surface area contributed by atoms with Crippen LogP contribution < -0.4 is 10.2 Å². The fourth-order valence-electron chi connectivity index (χ4n) is 3.68. The summed E-state index contributed by atoms with van der Waals surface area (Å²) in [4.78, 5) is 35.0. The Morgan fingerprint density at radius 3 is 2.18 bits per heavy atom. The smallest absolute Gasteiger partial charge is 0.318 e. The number of hydrazone groups is 1. The standard InChI is InChI=1S/C24H19N7O7/c1-15-11-17(13-26-27-24-10-6-20(14-25-24)30(34)35)16(2)28(15)18-3-7-21(8-4-18)38-23-9-5-19(29(32)33)12-22(23)31(36)37/h3-14H,1-2H3,(H,25,27)/b26-13+. The summed E-state index contributed by atoms with van der Waals surface area (Å²) < 4.78 is 7.61. The number of nitro benzene ring substituents is 2. The summed E-state index contributed by atoms with van der Waals surface area (Å²) in [5.41, 5.74) is 5.11. The van der Waals surface area contributed by atoms with Crippen molar-refractivity contribution >= 4 is 29.1 Å². The van der Waals surface area contributed by atoms with Crippen LogP contribution in [-0.4, -0.2) is 30.5 Å². The highest BCUT2D eigenvalue weighted by atomic mass is 16.6. The van der Waals surface area contributed by atoms with Crippen molar-refractivity contribution in [3.05, 3.63) is 114 Å². The van der Waals surface area contributed by atoms with Gasteiger partial charge in [-0.05, 0) is 56.3 Å². The average molecular weight is 517 g/mol. The summed E-state index contributed by atoms with van der Waals surface area (Å²) in [6.07, 6.45) is 2.74. The van der Waals surface area contributed by atoms with E-state index in [1.54, 1.807) is 30.5 Å². The highest BCUT2D eigenvalue weighted by Crippen LogP contribution is 2.34. The summed E-state index contributed by atoms with van der Waals surface area (Å²) >= 11 is 0. The van der Waals surface area contributed by atoms with Gasteiger partial charge in [-0.2, -0.15) is 5.10 Å². The van der Waals surface area contributed by atoms with Gasteiger partial charge in [-0.15, -0.1) is 0 Å². The summed E-state index contributed by atoms with van der Waals surface area (Å²) in [6.45, 7) is 3.82. The number of hydrogen-bond donors (Lipinski definition) is 1. The molecule has 38 heavy (non-hydrogen) atoms. The number of hydrogen-bond acceptors (Lipinski definition) is 10. The predicted octanol–water partition coefficient (Wildman–Crippen LogP) is 5.45. The van der Waals surface area contributed by atoms with E-state index >= 15 is 0 Å². The van der Waals surface area contributed by atoms with Crippen molar-refractivity contribution in [1.82, 2.24) is 9.55 Å². The van der Waals surface area contributed by atoms with E-state index in [9.17, 15) is 30.3 Å². The van der Waals surface area contributed by atoms with E-state index < -0.39 is 26.1 Å². The first-order chi connectivity index (χ1) is 18.1. The lowest BCUT2D eigenvalue weighted by molar-refractivity contribution is -0.394. The van der Waals surface area contributed by atoms with Gasteiger partial charge in [-0.25, -0.2) is 4.98 Å². The van der Waals surface area contributed by atoms with Crippen LogP contribution in [0.15, 0.2) is 72.0 Å². The minimum atomic E-state index is -0.737. The molecule has 1 N–H and O–H groups in total. The van der Waals surface area contributed by atoms with Crippen LogP contribution in [0.5, 0.6) is 11.5 Å². The van der Waals surface area contributed by atoms with E-state index in [4.69, 9.17) is 4.74 Å². The molecule has 4 aromatic rings. The highest BCUT2D eigenvalue weighted by Gasteiger charge is 2.21. The molecule has 2 aromatic heterocycles. The van der Waals surface area contributed by atoms with Gasteiger partial charge in [-0.3, -0.25) is 35.8 Å². The molecule has 0 aliphatic carbocycles. The van der Waals surface area contributed by atoms with Crippen LogP contribution in [-0.2, 0) is 0 Å². The minimum absolute atomic E-state index is 0.116. The minimum Gasteiger partial charge on any atom is -0.450 e. The molecule has 0 spiro atoms. The van der Waals surface area contributed by atoms with Crippen molar-refractivity contribution in [1.29, 1.82) is 0 Å². The lowest BCUT2D eigenvalue weighted by Gasteiger charge is -2.11. The first-order valence-corrected chi connectivity index (χ1v) is 10.9. The Morgan fingerprint density at radius 1 is 0.895 bits per heavy atom. The lowest BCUT2D eigenvalue weighted by Crippen LogP contribution is -2.00. The molecule has 0 atom stereocenters. The topological polar surface area (TPSA) is 181 Å². The summed E-state index contributed by atoms with van der Waals surface area (Å²) in [5.74, 6) is 0.550. The van der Waals surface area contributed by atoms with E-state index in [2.05, 4.69) is 15.5 Å². The zero-order chi connectivity index (χ0) is 27.4. The van der Waals surface area contributed by atoms with Gasteiger partial charge in [0.05, 0.1) is 27.1 Å². The molecular formula is C24H19N7O7. The van der Waals surface area contributed by atoms with Gasteiger partial charge in [0.15, 0.2) is 0 Å². The number of benzene rings is 2. The summed E-state index contributed by atoms with van der Waals surface area (Å²) in [7, 11) is 0. The molecule has 0 aliphatic heterocycles. The SMILES string of the molecule is Cc1cc(/C=N/Nc2ccc([N+](=O)[O-])cn2)c(C)n1-c1ccc(Oc2ccc([N+](=O)[O-])cc2[N+](=O)[O-])cc1. The lowest BCUT2D eigenvalue weighted by atomic mass is 10.2. The van der Waals surface area contributed by atoms with Crippen LogP contribution in [0.4, 0.5) is 22.9 Å². The van der Waals surface area contributed by atoms with Crippen LogP contribution >= 0.6 is 0 Å². The molecule has 0 aliphatic rings. The van der Waals surface area contributed by atoms with E-state index in [-0.39, 0.29) is 11.4 Å². The number of aryl methyl sites for hydroxylation is 1. The second-order valence-electron chi connectivity index (χ2n) is 7.95. The Labute approximate surface area is 214 Å². The second-order valence-corrected chi connectivity index (χ2v) is 7.95. The Hall–Kier alpha value is -5.66. The molecule has 14 nitrogen and oxygen atoms in total. The molecule has 0 radical (unpaired) electrons. The Balaban J connectivity index is 1.50. The van der Waals surface area contributed by atoms with E-state index in [1.807, 2.05) is 24.5 Å². The van der Waals surface area contributed by atoms with Gasteiger partial charge in [-0.1, -0.05) is 0 Å². The van der Waals surface area contributed by atoms with Crippen molar-refractivity contribution in [2.45, 2.75) is 13.8 Å². The van der Waals surface area contributed by atoms with Gasteiger partial charge in [0.1, 0.15) is 17.8 Å². The van der Waals surface area contributed by atoms with Crippen LogP contribution in [0.1, 0.15) is 17.0 Å². The molecular weight excluding hydrogens is 498 g/mol. The van der Waals surface area contributed by atoms with Gasteiger partial charge in [0.2, 0.25) is 5.75 Å². The maximum absolute atomic E-state index is 11.4. The Bertz CT molecular complexity index is 1560. The van der Waals surface area contributed by atoms with Gasteiger partial charge < -0.3 is 9.30 Å². The third-order valence-electron chi connectivity index (χ3n) is 5.48. The molecule has 0 fully saturated rings. The molecule has 4 rings (SSSR count). The Morgan fingerprint density at radius 2 is 1.58 bits per heavy atom. The van der Waals surface area contributed by atoms with Gasteiger partial charge in [0.25, 0.3) is 11.4 Å². The maximum atomic E-state index is 11.4. The average Bonchev–Trinajstić information content (AvgIpc) is 3.17. The van der Waals surface area contributed by atoms with Crippen molar-refractivity contribution in [2.75, 3.05) is 5.43 Å². The van der Waals surface area contributed by atoms with Crippen LogP contribution in [0.2, 0.25) is 0 Å². The van der Waals surface area contributed by atoms with Gasteiger partial charge >= 0.3 is 5.69 Å². The van der Waals surface area contributed by atoms with Crippen molar-refractivity contribution < 1.29 is 19.5 Å². The molecule has 2 aromatic carbocycles. The maximum Gasteiger partial charge on any atom is 0.318 e. The molecule has 192 valence electrons. The van der Waals surface area contributed by atoms with E-state index in [0.29, 0.717) is 11.6 Å². The molecule has 14 heteroatoms. The molecule has 2 heterocycles. The van der Waals surface area contributed by atoms with Gasteiger partial charge in [0, 0.05) is 34.8 Å². The number of nitro groups is 3. The second kappa shape index (κ2) is 10.5. The van der Waals surface area contributed by atoms with Crippen LogP contribution in [0, 0.1) is 44.2 Å². The molecule has 0 unspecified atom stereocenters. The predicted molar refractivity (Wildman–Crippen MR) is 137 cm³/mol. The Kier molecular flexibility index (Phi) is 7.05. The molecule has 0 bridgehead atoms. The monoisotopic (exact) mass is 517 g/mol. The molecule has 0 saturated carbocycles. The summed E-state index contributed by atoms with van der Waals surface area (Å²) in [5, 5.41) is 37.2. The largest absolute Gasteiger partial charge is 0.450 e. The zero-order valence-electron chi connectivity index (χ0n) is 20.0. The normalized spacial score (nSPS) is 10.9. The number of rotatable bonds is 9. The first kappa shape index (κ1) is 25.4. The van der Waals surface area contributed by atoms with E-state index in [1.165, 1.54) is 18.2 Å². The fraction of sp³-hybridized carbons (Fsp3) is 0.0833. The van der Waals surface area contributed by atoms with Crippen molar-refractivity contribution in [3.63, 3.8) is 0 Å². The fourth-order valence-corrected chi connectivity index (χ4v) is 3.68. The molecule has 0 amide bonds.